The predicted molar refractivity (Wildman–Crippen MR) is 72.1 cm³/mol. The number of amides is 1. The molecule has 0 bridgehead atoms. The van der Waals surface area contributed by atoms with Gasteiger partial charge in [0, 0.05) is 17.7 Å². The van der Waals surface area contributed by atoms with Crippen molar-refractivity contribution in [1.82, 2.24) is 4.98 Å². The summed E-state index contributed by atoms with van der Waals surface area (Å²) in [5.74, 6) is -0.0757. The summed E-state index contributed by atoms with van der Waals surface area (Å²) in [6, 6.07) is 2.52. The number of hydrogen-bond acceptors (Lipinski definition) is 5. The van der Waals surface area contributed by atoms with Crippen LogP contribution in [0.5, 0.6) is 0 Å². The molecule has 0 aliphatic carbocycles. The Labute approximate surface area is 113 Å². The number of rotatable bonds is 5. The lowest BCUT2D eigenvalue weighted by Gasteiger charge is -2.10. The van der Waals surface area contributed by atoms with Gasteiger partial charge in [-0.05, 0) is 12.3 Å². The molecule has 1 aromatic heterocycles. The molecule has 0 saturated heterocycles. The molecule has 18 heavy (non-hydrogen) atoms. The maximum absolute atomic E-state index is 11.8. The standard InChI is InChI=1S/C10H12ClN3O3S/c1-6(5-18-2)10(15)13-9-7(14(16)17)3-4-8(11)12-9/h3-4,6H,5H2,1-2H3,(H,12,13,15). The van der Waals surface area contributed by atoms with Crippen LogP contribution >= 0.6 is 23.4 Å². The van der Waals surface area contributed by atoms with E-state index in [0.717, 1.165) is 0 Å². The summed E-state index contributed by atoms with van der Waals surface area (Å²) < 4.78 is 0. The zero-order valence-corrected chi connectivity index (χ0v) is 11.4. The molecule has 8 heteroatoms. The molecule has 1 heterocycles. The summed E-state index contributed by atoms with van der Waals surface area (Å²) in [6.07, 6.45) is 1.88. The summed E-state index contributed by atoms with van der Waals surface area (Å²) in [6.45, 7) is 1.74. The highest BCUT2D eigenvalue weighted by Gasteiger charge is 2.20. The molecule has 0 fully saturated rings. The van der Waals surface area contributed by atoms with Gasteiger partial charge in [-0.25, -0.2) is 4.98 Å². The quantitative estimate of drug-likeness (QED) is 0.511. The molecule has 1 atom stereocenters. The van der Waals surface area contributed by atoms with Crippen molar-refractivity contribution >= 4 is 40.8 Å². The molecule has 0 radical (unpaired) electrons. The van der Waals surface area contributed by atoms with E-state index < -0.39 is 4.92 Å². The SMILES string of the molecule is CSCC(C)C(=O)Nc1nc(Cl)ccc1[N+](=O)[O-]. The first-order valence-electron chi connectivity index (χ1n) is 5.06. The molecule has 6 nitrogen and oxygen atoms in total. The van der Waals surface area contributed by atoms with Gasteiger partial charge in [0.1, 0.15) is 5.15 Å². The number of nitrogens with zero attached hydrogens (tertiary/aromatic N) is 2. The zero-order chi connectivity index (χ0) is 13.7. The number of hydrogen-bond donors (Lipinski definition) is 1. The maximum Gasteiger partial charge on any atom is 0.311 e. The van der Waals surface area contributed by atoms with Crippen LogP contribution in [0.4, 0.5) is 11.5 Å². The van der Waals surface area contributed by atoms with Gasteiger partial charge >= 0.3 is 5.69 Å². The van der Waals surface area contributed by atoms with Crippen molar-refractivity contribution in [2.45, 2.75) is 6.92 Å². The van der Waals surface area contributed by atoms with Gasteiger partial charge in [0.15, 0.2) is 0 Å². The van der Waals surface area contributed by atoms with Crippen molar-refractivity contribution in [3.05, 3.63) is 27.4 Å². The molecule has 0 spiro atoms. The highest BCUT2D eigenvalue weighted by molar-refractivity contribution is 7.98. The molecule has 0 aliphatic heterocycles. The van der Waals surface area contributed by atoms with E-state index in [1.807, 2.05) is 6.26 Å². The van der Waals surface area contributed by atoms with Gasteiger partial charge in [-0.15, -0.1) is 0 Å². The van der Waals surface area contributed by atoms with Crippen LogP contribution in [0.2, 0.25) is 5.15 Å². The molecule has 98 valence electrons. The van der Waals surface area contributed by atoms with E-state index in [1.54, 1.807) is 6.92 Å². The Balaban J connectivity index is 2.92. The third-order valence-electron chi connectivity index (χ3n) is 2.14. The molecule has 0 aromatic carbocycles. The Hall–Kier alpha value is -1.34. The minimum Gasteiger partial charge on any atom is -0.305 e. The number of anilines is 1. The molecule has 0 saturated carbocycles. The Morgan fingerprint density at radius 1 is 1.67 bits per heavy atom. The van der Waals surface area contributed by atoms with Crippen LogP contribution in [0.3, 0.4) is 0 Å². The van der Waals surface area contributed by atoms with Crippen molar-refractivity contribution in [1.29, 1.82) is 0 Å². The largest absolute Gasteiger partial charge is 0.311 e. The number of thioether (sulfide) groups is 1. The van der Waals surface area contributed by atoms with Gasteiger partial charge in [0.05, 0.1) is 4.92 Å². The van der Waals surface area contributed by atoms with E-state index in [1.165, 1.54) is 23.9 Å². The second-order valence-corrected chi connectivity index (χ2v) is 4.90. The fourth-order valence-corrected chi connectivity index (χ4v) is 2.03. The van der Waals surface area contributed by atoms with Gasteiger partial charge in [-0.2, -0.15) is 11.8 Å². The minimum absolute atomic E-state index is 0.0911. The summed E-state index contributed by atoms with van der Waals surface area (Å²) in [7, 11) is 0. The van der Waals surface area contributed by atoms with Crippen LogP contribution in [0.15, 0.2) is 12.1 Å². The summed E-state index contributed by atoms with van der Waals surface area (Å²) in [5, 5.41) is 13.3. The first kappa shape index (κ1) is 14.7. The van der Waals surface area contributed by atoms with Gasteiger partial charge in [0.25, 0.3) is 0 Å². The van der Waals surface area contributed by atoms with Crippen LogP contribution in [0.25, 0.3) is 0 Å². The third-order valence-corrected chi connectivity index (χ3v) is 3.19. The minimum atomic E-state index is -0.613. The average Bonchev–Trinajstić information content (AvgIpc) is 2.28. The Morgan fingerprint density at radius 3 is 2.89 bits per heavy atom. The molecular formula is C10H12ClN3O3S. The molecule has 1 N–H and O–H groups in total. The van der Waals surface area contributed by atoms with Crippen LogP contribution in [-0.2, 0) is 4.79 Å². The van der Waals surface area contributed by atoms with E-state index in [0.29, 0.717) is 5.75 Å². The Kier molecular flexibility index (Phi) is 5.36. The first-order chi connectivity index (χ1) is 8.45. The Morgan fingerprint density at radius 2 is 2.33 bits per heavy atom. The van der Waals surface area contributed by atoms with Gasteiger partial charge in [-0.3, -0.25) is 14.9 Å². The van der Waals surface area contributed by atoms with Crippen LogP contribution in [-0.4, -0.2) is 27.8 Å². The van der Waals surface area contributed by atoms with Crippen molar-refractivity contribution in [3.8, 4) is 0 Å². The van der Waals surface area contributed by atoms with Crippen molar-refractivity contribution in [2.24, 2.45) is 5.92 Å². The van der Waals surface area contributed by atoms with E-state index >= 15 is 0 Å². The van der Waals surface area contributed by atoms with E-state index in [2.05, 4.69) is 10.3 Å². The number of nitrogens with one attached hydrogen (secondary N) is 1. The number of nitro groups is 1. The van der Waals surface area contributed by atoms with Crippen LogP contribution in [0.1, 0.15) is 6.92 Å². The second-order valence-electron chi connectivity index (χ2n) is 3.60. The number of carbonyl (C=O) groups is 1. The van der Waals surface area contributed by atoms with Crippen molar-refractivity contribution in [2.75, 3.05) is 17.3 Å². The van der Waals surface area contributed by atoms with E-state index in [4.69, 9.17) is 11.6 Å². The van der Waals surface area contributed by atoms with Crippen molar-refractivity contribution < 1.29 is 9.72 Å². The van der Waals surface area contributed by atoms with Crippen LogP contribution < -0.4 is 5.32 Å². The highest BCUT2D eigenvalue weighted by Crippen LogP contribution is 2.24. The van der Waals surface area contributed by atoms with Gasteiger partial charge in [-0.1, -0.05) is 18.5 Å². The molecule has 1 amide bonds. The average molecular weight is 290 g/mol. The summed E-state index contributed by atoms with van der Waals surface area (Å²) >= 11 is 7.18. The Bertz CT molecular complexity index is 470. The highest BCUT2D eigenvalue weighted by atomic mass is 35.5. The summed E-state index contributed by atoms with van der Waals surface area (Å²) in [4.78, 5) is 25.7. The lowest BCUT2D eigenvalue weighted by molar-refractivity contribution is -0.384. The maximum atomic E-state index is 11.8. The smallest absolute Gasteiger partial charge is 0.305 e. The van der Waals surface area contributed by atoms with E-state index in [-0.39, 0.29) is 28.5 Å². The third kappa shape index (κ3) is 3.85. The normalized spacial score (nSPS) is 11.9. The molecule has 1 rings (SSSR count). The first-order valence-corrected chi connectivity index (χ1v) is 6.83. The predicted octanol–water partition coefficient (Wildman–Crippen LogP) is 2.58. The monoisotopic (exact) mass is 289 g/mol. The lowest BCUT2D eigenvalue weighted by atomic mass is 10.2. The van der Waals surface area contributed by atoms with Crippen LogP contribution in [0, 0.1) is 16.0 Å². The molecule has 0 aliphatic rings. The fourth-order valence-electron chi connectivity index (χ4n) is 1.23. The number of halogens is 1. The summed E-state index contributed by atoms with van der Waals surface area (Å²) in [5.41, 5.74) is -0.274. The lowest BCUT2D eigenvalue weighted by Crippen LogP contribution is -2.23. The van der Waals surface area contributed by atoms with Crippen molar-refractivity contribution in [3.63, 3.8) is 0 Å². The zero-order valence-electron chi connectivity index (χ0n) is 9.84. The molecule has 1 unspecified atom stereocenters. The van der Waals surface area contributed by atoms with Gasteiger partial charge < -0.3 is 5.32 Å². The van der Waals surface area contributed by atoms with E-state index in [9.17, 15) is 14.9 Å². The fraction of sp³-hybridized carbons (Fsp3) is 0.400. The molecular weight excluding hydrogens is 278 g/mol. The van der Waals surface area contributed by atoms with Gasteiger partial charge in [0.2, 0.25) is 11.7 Å². The number of pyridine rings is 1. The topological polar surface area (TPSA) is 85.1 Å². The number of aromatic nitrogens is 1. The molecule has 1 aromatic rings. The number of carbonyl (C=O) groups excluding carboxylic acids is 1. The second kappa shape index (κ2) is 6.55.